The topological polar surface area (TPSA) is 13.1 Å². The average molecular weight is 373 g/mol. The van der Waals surface area contributed by atoms with Gasteiger partial charge in [0.15, 0.2) is 4.67 Å². The molecule has 24 heavy (non-hydrogen) atoms. The Balaban J connectivity index is 1.91. The molecule has 1 nitrogen and oxygen atoms in total. The summed E-state index contributed by atoms with van der Waals surface area (Å²) in [4.78, 5) is 0. The van der Waals surface area contributed by atoms with Crippen LogP contribution >= 0.6 is 15.9 Å². The molecule has 4 aromatic carbocycles. The molecule has 5 aromatic rings. The zero-order chi connectivity index (χ0) is 16.1. The Hall–Kier alpha value is -2.58. The third-order valence-electron chi connectivity index (χ3n) is 4.57. The highest BCUT2D eigenvalue weighted by Crippen LogP contribution is 2.42. The van der Waals surface area contributed by atoms with E-state index in [2.05, 4.69) is 94.8 Å². The van der Waals surface area contributed by atoms with E-state index in [-0.39, 0.29) is 0 Å². The first kappa shape index (κ1) is 13.8. The van der Waals surface area contributed by atoms with Gasteiger partial charge in [-0.05, 0) is 55.2 Å². The van der Waals surface area contributed by atoms with Crippen molar-refractivity contribution in [2.24, 2.45) is 0 Å². The van der Waals surface area contributed by atoms with Gasteiger partial charge in [0.25, 0.3) is 0 Å². The Morgan fingerprint density at radius 3 is 2.12 bits per heavy atom. The summed E-state index contributed by atoms with van der Waals surface area (Å²) in [6.45, 7) is 0. The lowest BCUT2D eigenvalue weighted by molar-refractivity contribution is 0.589. The maximum absolute atomic E-state index is 6.03. The highest BCUT2D eigenvalue weighted by atomic mass is 79.9. The van der Waals surface area contributed by atoms with Crippen LogP contribution in [0.5, 0.6) is 0 Å². The van der Waals surface area contributed by atoms with Gasteiger partial charge in [-0.2, -0.15) is 0 Å². The van der Waals surface area contributed by atoms with Crippen molar-refractivity contribution in [1.29, 1.82) is 0 Å². The van der Waals surface area contributed by atoms with E-state index >= 15 is 0 Å². The van der Waals surface area contributed by atoms with E-state index < -0.39 is 0 Å². The van der Waals surface area contributed by atoms with E-state index in [1.807, 2.05) is 0 Å². The predicted molar refractivity (Wildman–Crippen MR) is 104 cm³/mol. The van der Waals surface area contributed by atoms with E-state index in [0.717, 1.165) is 21.2 Å². The lowest BCUT2D eigenvalue weighted by Crippen LogP contribution is -1.81. The summed E-state index contributed by atoms with van der Waals surface area (Å²) in [5.74, 6) is 0. The van der Waals surface area contributed by atoms with Gasteiger partial charge in [0, 0.05) is 10.9 Å². The van der Waals surface area contributed by atoms with Crippen LogP contribution in [0, 0.1) is 0 Å². The molecule has 5 rings (SSSR count). The molecule has 0 radical (unpaired) electrons. The molecule has 0 aliphatic rings. The molecule has 0 atom stereocenters. The molecule has 0 bridgehead atoms. The number of halogens is 1. The van der Waals surface area contributed by atoms with Crippen molar-refractivity contribution in [3.8, 4) is 11.1 Å². The van der Waals surface area contributed by atoms with Crippen LogP contribution in [0.3, 0.4) is 0 Å². The Bertz CT molecular complexity index is 1210. The molecular weight excluding hydrogens is 360 g/mol. The minimum absolute atomic E-state index is 0.782. The number of hydrogen-bond acceptors (Lipinski definition) is 1. The van der Waals surface area contributed by atoms with Crippen molar-refractivity contribution >= 4 is 48.4 Å². The van der Waals surface area contributed by atoms with Crippen LogP contribution in [0.2, 0.25) is 0 Å². The van der Waals surface area contributed by atoms with Crippen LogP contribution in [0.1, 0.15) is 0 Å². The first-order valence-corrected chi connectivity index (χ1v) is 8.69. The molecule has 0 fully saturated rings. The largest absolute Gasteiger partial charge is 0.449 e. The van der Waals surface area contributed by atoms with E-state index in [1.165, 1.54) is 27.1 Å². The summed E-state index contributed by atoms with van der Waals surface area (Å²) in [7, 11) is 0. The minimum atomic E-state index is 0.782. The third-order valence-corrected chi connectivity index (χ3v) is 5.13. The Morgan fingerprint density at radius 2 is 1.29 bits per heavy atom. The number of hydrogen-bond donors (Lipinski definition) is 0. The summed E-state index contributed by atoms with van der Waals surface area (Å²) in [5.41, 5.74) is 3.21. The maximum atomic E-state index is 6.03. The average Bonchev–Trinajstić information content (AvgIpc) is 2.94. The smallest absolute Gasteiger partial charge is 0.178 e. The van der Waals surface area contributed by atoms with Crippen molar-refractivity contribution in [3.63, 3.8) is 0 Å². The number of benzene rings is 4. The number of furan rings is 1. The van der Waals surface area contributed by atoms with Crippen LogP contribution in [0.15, 0.2) is 87.9 Å². The molecular formula is C22H13BrO. The van der Waals surface area contributed by atoms with Gasteiger partial charge in [-0.15, -0.1) is 0 Å². The van der Waals surface area contributed by atoms with Crippen molar-refractivity contribution < 1.29 is 4.42 Å². The Kier molecular flexibility index (Phi) is 3.00. The molecule has 0 saturated heterocycles. The minimum Gasteiger partial charge on any atom is -0.449 e. The van der Waals surface area contributed by atoms with Crippen LogP contribution in [0.25, 0.3) is 43.6 Å². The van der Waals surface area contributed by atoms with Gasteiger partial charge in [-0.1, -0.05) is 66.7 Å². The normalized spacial score (nSPS) is 11.5. The molecule has 0 unspecified atom stereocenters. The quantitative estimate of drug-likeness (QED) is 0.304. The molecule has 0 aliphatic carbocycles. The highest BCUT2D eigenvalue weighted by Gasteiger charge is 2.16. The third kappa shape index (κ3) is 2.00. The second kappa shape index (κ2) is 5.22. The second-order valence-corrected chi connectivity index (χ2v) is 6.69. The van der Waals surface area contributed by atoms with E-state index in [0.29, 0.717) is 0 Å². The fourth-order valence-electron chi connectivity index (χ4n) is 3.45. The lowest BCUT2D eigenvalue weighted by atomic mass is 9.97. The first-order chi connectivity index (χ1) is 11.8. The van der Waals surface area contributed by atoms with Crippen LogP contribution in [0.4, 0.5) is 0 Å². The van der Waals surface area contributed by atoms with Crippen LogP contribution in [-0.2, 0) is 0 Å². The second-order valence-electron chi connectivity index (χ2n) is 5.97. The maximum Gasteiger partial charge on any atom is 0.178 e. The Morgan fingerprint density at radius 1 is 0.625 bits per heavy atom. The molecule has 0 N–H and O–H groups in total. The zero-order valence-electron chi connectivity index (χ0n) is 12.8. The van der Waals surface area contributed by atoms with Gasteiger partial charge in [0.05, 0.1) is 0 Å². The molecule has 1 heterocycles. The van der Waals surface area contributed by atoms with Crippen molar-refractivity contribution in [2.45, 2.75) is 0 Å². The molecule has 0 saturated carbocycles. The monoisotopic (exact) mass is 372 g/mol. The predicted octanol–water partition coefficient (Wildman–Crippen LogP) is 7.17. The fraction of sp³-hybridized carbons (Fsp3) is 0. The van der Waals surface area contributed by atoms with E-state index in [4.69, 9.17) is 4.42 Å². The van der Waals surface area contributed by atoms with Crippen molar-refractivity contribution in [1.82, 2.24) is 0 Å². The van der Waals surface area contributed by atoms with Crippen LogP contribution < -0.4 is 0 Å². The lowest BCUT2D eigenvalue weighted by Gasteiger charge is -2.06. The summed E-state index contributed by atoms with van der Waals surface area (Å²) in [6.07, 6.45) is 0. The Labute approximate surface area is 147 Å². The van der Waals surface area contributed by atoms with Gasteiger partial charge in [-0.3, -0.25) is 0 Å². The SMILES string of the molecule is Brc1oc2cc3ccccc3cc2c1-c1cccc2ccccc12. The van der Waals surface area contributed by atoms with E-state index in [9.17, 15) is 0 Å². The van der Waals surface area contributed by atoms with Crippen molar-refractivity contribution in [3.05, 3.63) is 83.5 Å². The summed E-state index contributed by atoms with van der Waals surface area (Å²) < 4.78 is 6.81. The molecule has 2 heteroatoms. The standard InChI is InChI=1S/C22H13BrO/c23-22-21(18-11-5-9-14-6-3-4-10-17(14)18)19-12-15-7-1-2-8-16(15)13-20(19)24-22/h1-13H. The molecule has 0 amide bonds. The fourth-order valence-corrected chi connectivity index (χ4v) is 4.05. The molecule has 0 aliphatic heterocycles. The van der Waals surface area contributed by atoms with E-state index in [1.54, 1.807) is 0 Å². The van der Waals surface area contributed by atoms with Gasteiger partial charge in [0.2, 0.25) is 0 Å². The van der Waals surface area contributed by atoms with Gasteiger partial charge < -0.3 is 4.42 Å². The zero-order valence-corrected chi connectivity index (χ0v) is 14.4. The summed E-state index contributed by atoms with van der Waals surface area (Å²) in [5, 5.41) is 6.01. The number of rotatable bonds is 1. The number of fused-ring (bicyclic) bond motifs is 3. The van der Waals surface area contributed by atoms with Crippen molar-refractivity contribution in [2.75, 3.05) is 0 Å². The first-order valence-electron chi connectivity index (χ1n) is 7.90. The molecule has 0 spiro atoms. The van der Waals surface area contributed by atoms with Crippen LogP contribution in [-0.4, -0.2) is 0 Å². The molecule has 1 aromatic heterocycles. The van der Waals surface area contributed by atoms with Gasteiger partial charge in [0.1, 0.15) is 5.58 Å². The highest BCUT2D eigenvalue weighted by molar-refractivity contribution is 9.10. The van der Waals surface area contributed by atoms with Gasteiger partial charge >= 0.3 is 0 Å². The summed E-state index contributed by atoms with van der Waals surface area (Å²) in [6, 6.07) is 27.6. The summed E-state index contributed by atoms with van der Waals surface area (Å²) >= 11 is 3.64. The molecule has 114 valence electrons. The van der Waals surface area contributed by atoms with Gasteiger partial charge in [-0.25, -0.2) is 0 Å².